The van der Waals surface area contributed by atoms with Gasteiger partial charge in [-0.2, -0.15) is 0 Å². The summed E-state index contributed by atoms with van der Waals surface area (Å²) in [6, 6.07) is 8.67. The maximum absolute atomic E-state index is 14.4. The fourth-order valence-electron chi connectivity index (χ4n) is 2.80. The topological polar surface area (TPSA) is 94.7 Å². The van der Waals surface area contributed by atoms with Gasteiger partial charge in [0.05, 0.1) is 19.7 Å². The van der Waals surface area contributed by atoms with Crippen LogP contribution in [0.3, 0.4) is 0 Å². The summed E-state index contributed by atoms with van der Waals surface area (Å²) in [7, 11) is 3.01. The number of carbonyl (C=O) groups is 1. The minimum Gasteiger partial charge on any atom is -0.493 e. The summed E-state index contributed by atoms with van der Waals surface area (Å²) in [4.78, 5) is 15.4. The van der Waals surface area contributed by atoms with Crippen LogP contribution in [0.15, 0.2) is 42.6 Å². The molecule has 2 aromatic carbocycles. The fourth-order valence-corrected chi connectivity index (χ4v) is 2.80. The molecule has 0 aliphatic rings. The Kier molecular flexibility index (Phi) is 4.73. The third-order valence-electron chi connectivity index (χ3n) is 4.15. The standard InChI is InChI=1S/C19H17FN2O4/c1-25-16-8-13-11(5-6-22-15(13)9-17(16)26-2)18(23)12-4-3-10(19(21)24)7-14(12)20/h3-9,18,23H,1-2H3,(H2,21,24). The van der Waals surface area contributed by atoms with Crippen molar-refractivity contribution in [1.29, 1.82) is 0 Å². The van der Waals surface area contributed by atoms with E-state index in [4.69, 9.17) is 15.2 Å². The van der Waals surface area contributed by atoms with Gasteiger partial charge >= 0.3 is 0 Å². The van der Waals surface area contributed by atoms with Gasteiger partial charge in [-0.1, -0.05) is 6.07 Å². The number of pyridine rings is 1. The number of nitrogens with two attached hydrogens (primary N) is 1. The monoisotopic (exact) mass is 356 g/mol. The van der Waals surface area contributed by atoms with Gasteiger partial charge in [0.1, 0.15) is 11.9 Å². The molecular formula is C19H17FN2O4. The summed E-state index contributed by atoms with van der Waals surface area (Å²) in [5.74, 6) is -0.502. The summed E-state index contributed by atoms with van der Waals surface area (Å²) in [6.07, 6.45) is 0.253. The number of carbonyl (C=O) groups excluding carboxylic acids is 1. The van der Waals surface area contributed by atoms with Crippen molar-refractivity contribution in [1.82, 2.24) is 4.98 Å². The van der Waals surface area contributed by atoms with Crippen LogP contribution < -0.4 is 15.2 Å². The lowest BCUT2D eigenvalue weighted by atomic mass is 9.96. The van der Waals surface area contributed by atoms with E-state index in [0.29, 0.717) is 28.0 Å². The average molecular weight is 356 g/mol. The maximum Gasteiger partial charge on any atom is 0.248 e. The van der Waals surface area contributed by atoms with Gasteiger partial charge in [0.15, 0.2) is 11.5 Å². The second kappa shape index (κ2) is 6.97. The van der Waals surface area contributed by atoms with Crippen LogP contribution in [0.2, 0.25) is 0 Å². The third kappa shape index (κ3) is 3.04. The molecule has 1 heterocycles. The van der Waals surface area contributed by atoms with E-state index >= 15 is 0 Å². The quantitative estimate of drug-likeness (QED) is 0.733. The van der Waals surface area contributed by atoms with E-state index in [9.17, 15) is 14.3 Å². The maximum atomic E-state index is 14.4. The summed E-state index contributed by atoms with van der Waals surface area (Å²) in [6.45, 7) is 0. The number of aliphatic hydroxyl groups excluding tert-OH is 1. The molecule has 3 N–H and O–H groups in total. The summed E-state index contributed by atoms with van der Waals surface area (Å²) in [5.41, 5.74) is 6.22. The molecule has 0 aliphatic heterocycles. The Balaban J connectivity index is 2.14. The highest BCUT2D eigenvalue weighted by Crippen LogP contribution is 2.36. The SMILES string of the molecule is COc1cc2nccc(C(O)c3ccc(C(N)=O)cc3F)c2cc1OC. The van der Waals surface area contributed by atoms with E-state index in [1.165, 1.54) is 32.5 Å². The molecule has 1 unspecified atom stereocenters. The molecule has 0 saturated heterocycles. The smallest absolute Gasteiger partial charge is 0.248 e. The number of rotatable bonds is 5. The molecule has 134 valence electrons. The van der Waals surface area contributed by atoms with Crippen molar-refractivity contribution in [3.8, 4) is 11.5 Å². The molecule has 0 fully saturated rings. The van der Waals surface area contributed by atoms with E-state index in [-0.39, 0.29) is 11.1 Å². The lowest BCUT2D eigenvalue weighted by molar-refractivity contribution is 0.0999. The first-order valence-corrected chi connectivity index (χ1v) is 7.74. The van der Waals surface area contributed by atoms with E-state index in [1.807, 2.05) is 0 Å². The van der Waals surface area contributed by atoms with Gasteiger partial charge in [0, 0.05) is 28.8 Å². The molecule has 1 amide bonds. The van der Waals surface area contributed by atoms with Gasteiger partial charge in [-0.15, -0.1) is 0 Å². The van der Waals surface area contributed by atoms with Gasteiger partial charge in [0.2, 0.25) is 5.91 Å². The second-order valence-corrected chi connectivity index (χ2v) is 5.63. The molecule has 3 rings (SSSR count). The highest BCUT2D eigenvalue weighted by Gasteiger charge is 2.20. The van der Waals surface area contributed by atoms with Crippen molar-refractivity contribution < 1.29 is 23.8 Å². The molecule has 3 aromatic rings. The summed E-state index contributed by atoms with van der Waals surface area (Å²) in [5, 5.41) is 11.3. The van der Waals surface area contributed by atoms with E-state index in [2.05, 4.69) is 4.98 Å². The first kappa shape index (κ1) is 17.6. The largest absolute Gasteiger partial charge is 0.493 e. The van der Waals surface area contributed by atoms with Crippen LogP contribution in [-0.2, 0) is 0 Å². The van der Waals surface area contributed by atoms with E-state index in [1.54, 1.807) is 18.2 Å². The van der Waals surface area contributed by atoms with Gasteiger partial charge in [-0.25, -0.2) is 4.39 Å². The number of halogens is 1. The number of benzene rings is 2. The number of hydrogen-bond donors (Lipinski definition) is 2. The first-order valence-electron chi connectivity index (χ1n) is 7.74. The fraction of sp³-hybridized carbons (Fsp3) is 0.158. The van der Waals surface area contributed by atoms with Crippen molar-refractivity contribution in [3.05, 3.63) is 65.1 Å². The van der Waals surface area contributed by atoms with Crippen LogP contribution in [0.5, 0.6) is 11.5 Å². The summed E-state index contributed by atoms with van der Waals surface area (Å²) < 4.78 is 24.9. The van der Waals surface area contributed by atoms with Gasteiger partial charge in [0.25, 0.3) is 0 Å². The van der Waals surface area contributed by atoms with E-state index < -0.39 is 17.8 Å². The number of hydrogen-bond acceptors (Lipinski definition) is 5. The second-order valence-electron chi connectivity index (χ2n) is 5.63. The highest BCUT2D eigenvalue weighted by atomic mass is 19.1. The van der Waals surface area contributed by atoms with Gasteiger partial charge in [-0.05, 0) is 29.8 Å². The highest BCUT2D eigenvalue weighted by molar-refractivity contribution is 5.93. The normalized spacial score (nSPS) is 12.0. The molecule has 1 aromatic heterocycles. The minimum absolute atomic E-state index is 0.0253. The molecule has 0 spiro atoms. The number of methoxy groups -OCH3 is 2. The zero-order chi connectivity index (χ0) is 18.8. The predicted molar refractivity (Wildman–Crippen MR) is 93.8 cm³/mol. The zero-order valence-corrected chi connectivity index (χ0v) is 14.2. The number of ether oxygens (including phenoxy) is 2. The van der Waals surface area contributed by atoms with Crippen molar-refractivity contribution in [3.63, 3.8) is 0 Å². The lowest BCUT2D eigenvalue weighted by Gasteiger charge is -2.16. The lowest BCUT2D eigenvalue weighted by Crippen LogP contribution is -2.12. The molecule has 1 atom stereocenters. The number of aromatic nitrogens is 1. The molecule has 6 nitrogen and oxygen atoms in total. The average Bonchev–Trinajstić information content (AvgIpc) is 2.65. The Labute approximate surface area is 149 Å². The Morgan fingerprint density at radius 1 is 1.12 bits per heavy atom. The van der Waals surface area contributed by atoms with E-state index in [0.717, 1.165) is 6.07 Å². The Morgan fingerprint density at radius 2 is 1.81 bits per heavy atom. The van der Waals surface area contributed by atoms with Crippen molar-refractivity contribution >= 4 is 16.8 Å². The molecular weight excluding hydrogens is 339 g/mol. The Morgan fingerprint density at radius 3 is 2.42 bits per heavy atom. The number of primary amides is 1. The Hall–Kier alpha value is -3.19. The van der Waals surface area contributed by atoms with Gasteiger partial charge < -0.3 is 20.3 Å². The first-order chi connectivity index (χ1) is 12.5. The molecule has 0 radical (unpaired) electrons. The van der Waals surface area contributed by atoms with Crippen LogP contribution in [0.4, 0.5) is 4.39 Å². The summed E-state index contributed by atoms with van der Waals surface area (Å²) >= 11 is 0. The van der Waals surface area contributed by atoms with Crippen LogP contribution in [0.1, 0.15) is 27.6 Å². The number of aliphatic hydroxyl groups is 1. The van der Waals surface area contributed by atoms with Gasteiger partial charge in [-0.3, -0.25) is 9.78 Å². The zero-order valence-electron chi connectivity index (χ0n) is 14.2. The number of amides is 1. The molecule has 7 heteroatoms. The minimum atomic E-state index is -1.26. The molecule has 0 bridgehead atoms. The predicted octanol–water partition coefficient (Wildman–Crippen LogP) is 2.57. The number of fused-ring (bicyclic) bond motifs is 1. The third-order valence-corrected chi connectivity index (χ3v) is 4.15. The number of nitrogens with zero attached hydrogens (tertiary/aromatic N) is 1. The van der Waals surface area contributed by atoms with Crippen molar-refractivity contribution in [2.45, 2.75) is 6.10 Å². The van der Waals surface area contributed by atoms with Crippen molar-refractivity contribution in [2.24, 2.45) is 5.73 Å². The Bertz CT molecular complexity index is 991. The molecule has 26 heavy (non-hydrogen) atoms. The van der Waals surface area contributed by atoms with Crippen LogP contribution >= 0.6 is 0 Å². The molecule has 0 aliphatic carbocycles. The van der Waals surface area contributed by atoms with Crippen molar-refractivity contribution in [2.75, 3.05) is 14.2 Å². The van der Waals surface area contributed by atoms with Crippen LogP contribution in [-0.4, -0.2) is 30.2 Å². The van der Waals surface area contributed by atoms with Crippen LogP contribution in [0.25, 0.3) is 10.9 Å². The van der Waals surface area contributed by atoms with Crippen LogP contribution in [0, 0.1) is 5.82 Å². The molecule has 0 saturated carbocycles.